The van der Waals surface area contributed by atoms with Crippen LogP contribution in [0.1, 0.15) is 37.3 Å². The third-order valence-electron chi connectivity index (χ3n) is 2.70. The lowest BCUT2D eigenvalue weighted by Crippen LogP contribution is -2.17. The van der Waals surface area contributed by atoms with Crippen LogP contribution in [0.2, 0.25) is 0 Å². The van der Waals surface area contributed by atoms with E-state index in [1.54, 1.807) is 12.4 Å². The third kappa shape index (κ3) is 2.04. The Morgan fingerprint density at radius 3 is 2.54 bits per heavy atom. The standard InChI is InChI=1S/C10H14N2O/c13-9-3-1-8(2-4-9)10-7-11-5-6-12-10/h5-9,13H,1-4H2. The van der Waals surface area contributed by atoms with E-state index in [-0.39, 0.29) is 6.10 Å². The van der Waals surface area contributed by atoms with Crippen LogP contribution >= 0.6 is 0 Å². The van der Waals surface area contributed by atoms with Gasteiger partial charge >= 0.3 is 0 Å². The maximum Gasteiger partial charge on any atom is 0.0617 e. The summed E-state index contributed by atoms with van der Waals surface area (Å²) in [5.74, 6) is 0.511. The van der Waals surface area contributed by atoms with Crippen LogP contribution in [0.25, 0.3) is 0 Å². The zero-order valence-corrected chi connectivity index (χ0v) is 7.56. The summed E-state index contributed by atoms with van der Waals surface area (Å²) in [5.41, 5.74) is 1.08. The Morgan fingerprint density at radius 1 is 1.15 bits per heavy atom. The Morgan fingerprint density at radius 2 is 1.92 bits per heavy atom. The van der Waals surface area contributed by atoms with Gasteiger partial charge in [-0.1, -0.05) is 0 Å². The smallest absolute Gasteiger partial charge is 0.0617 e. The van der Waals surface area contributed by atoms with Crippen LogP contribution in [0.4, 0.5) is 0 Å². The Kier molecular flexibility index (Phi) is 2.54. The Bertz CT molecular complexity index is 255. The minimum Gasteiger partial charge on any atom is -0.393 e. The van der Waals surface area contributed by atoms with E-state index in [4.69, 9.17) is 0 Å². The minimum atomic E-state index is -0.0899. The molecule has 0 aliphatic heterocycles. The van der Waals surface area contributed by atoms with E-state index in [9.17, 15) is 5.11 Å². The van der Waals surface area contributed by atoms with Crippen molar-refractivity contribution in [1.29, 1.82) is 0 Å². The van der Waals surface area contributed by atoms with E-state index in [1.807, 2.05) is 6.20 Å². The van der Waals surface area contributed by atoms with Crippen molar-refractivity contribution in [1.82, 2.24) is 9.97 Å². The topological polar surface area (TPSA) is 46.0 Å². The summed E-state index contributed by atoms with van der Waals surface area (Å²) in [6.07, 6.45) is 9.07. The summed E-state index contributed by atoms with van der Waals surface area (Å²) in [6, 6.07) is 0. The molecule has 1 aromatic rings. The summed E-state index contributed by atoms with van der Waals surface area (Å²) in [7, 11) is 0. The molecule has 0 unspecified atom stereocenters. The molecule has 1 heterocycles. The summed E-state index contributed by atoms with van der Waals surface area (Å²) in [6.45, 7) is 0. The SMILES string of the molecule is OC1CCC(c2cnccn2)CC1. The van der Waals surface area contributed by atoms with Crippen molar-refractivity contribution < 1.29 is 5.11 Å². The van der Waals surface area contributed by atoms with E-state index < -0.39 is 0 Å². The van der Waals surface area contributed by atoms with Crippen molar-refractivity contribution in [3.05, 3.63) is 24.3 Å². The van der Waals surface area contributed by atoms with E-state index in [1.165, 1.54) is 0 Å². The molecule has 3 heteroatoms. The lowest BCUT2D eigenvalue weighted by atomic mass is 9.85. The van der Waals surface area contributed by atoms with Crippen molar-refractivity contribution in [3.63, 3.8) is 0 Å². The molecule has 1 fully saturated rings. The second-order valence-electron chi connectivity index (χ2n) is 3.64. The molecule has 1 aliphatic carbocycles. The fourth-order valence-electron chi connectivity index (χ4n) is 1.89. The fourth-order valence-corrected chi connectivity index (χ4v) is 1.89. The monoisotopic (exact) mass is 178 g/mol. The molecule has 0 spiro atoms. The van der Waals surface area contributed by atoms with Crippen molar-refractivity contribution in [3.8, 4) is 0 Å². The number of hydrogen-bond donors (Lipinski definition) is 1. The maximum atomic E-state index is 9.34. The van der Waals surface area contributed by atoms with Crippen LogP contribution < -0.4 is 0 Å². The lowest BCUT2D eigenvalue weighted by molar-refractivity contribution is 0.122. The fraction of sp³-hybridized carbons (Fsp3) is 0.600. The van der Waals surface area contributed by atoms with E-state index in [2.05, 4.69) is 9.97 Å². The number of hydrogen-bond acceptors (Lipinski definition) is 3. The highest BCUT2D eigenvalue weighted by molar-refractivity contribution is 5.04. The summed E-state index contributed by atoms with van der Waals surface area (Å²) in [5, 5.41) is 9.34. The normalized spacial score (nSPS) is 28.7. The van der Waals surface area contributed by atoms with E-state index in [0.717, 1.165) is 31.4 Å². The van der Waals surface area contributed by atoms with E-state index in [0.29, 0.717) is 5.92 Å². The van der Waals surface area contributed by atoms with Gasteiger partial charge in [-0.25, -0.2) is 0 Å². The van der Waals surface area contributed by atoms with Crippen LogP contribution in [0.3, 0.4) is 0 Å². The first-order chi connectivity index (χ1) is 6.36. The molecule has 2 rings (SSSR count). The molecule has 0 radical (unpaired) electrons. The van der Waals surface area contributed by atoms with Crippen molar-refractivity contribution >= 4 is 0 Å². The summed E-state index contributed by atoms with van der Waals surface area (Å²) < 4.78 is 0. The van der Waals surface area contributed by atoms with Gasteiger partial charge in [0, 0.05) is 24.5 Å². The van der Waals surface area contributed by atoms with Crippen LogP contribution in [-0.4, -0.2) is 21.2 Å². The number of aromatic nitrogens is 2. The van der Waals surface area contributed by atoms with Gasteiger partial charge in [-0.2, -0.15) is 0 Å². The molecule has 0 bridgehead atoms. The first kappa shape index (κ1) is 8.63. The molecule has 0 aromatic carbocycles. The number of rotatable bonds is 1. The lowest BCUT2D eigenvalue weighted by Gasteiger charge is -2.24. The van der Waals surface area contributed by atoms with Gasteiger partial charge in [0.1, 0.15) is 0 Å². The first-order valence-corrected chi connectivity index (χ1v) is 4.80. The van der Waals surface area contributed by atoms with Crippen molar-refractivity contribution in [2.24, 2.45) is 0 Å². The van der Waals surface area contributed by atoms with Gasteiger partial charge in [-0.05, 0) is 25.7 Å². The highest BCUT2D eigenvalue weighted by Gasteiger charge is 2.21. The van der Waals surface area contributed by atoms with Crippen molar-refractivity contribution in [2.45, 2.75) is 37.7 Å². The van der Waals surface area contributed by atoms with Gasteiger partial charge in [-0.15, -0.1) is 0 Å². The molecule has 1 N–H and O–H groups in total. The number of nitrogens with zero attached hydrogens (tertiary/aromatic N) is 2. The number of aliphatic hydroxyl groups is 1. The van der Waals surface area contributed by atoms with Crippen LogP contribution in [-0.2, 0) is 0 Å². The average molecular weight is 178 g/mol. The van der Waals surface area contributed by atoms with Gasteiger partial charge in [0.2, 0.25) is 0 Å². The zero-order chi connectivity index (χ0) is 9.10. The van der Waals surface area contributed by atoms with Gasteiger partial charge < -0.3 is 5.11 Å². The third-order valence-corrected chi connectivity index (χ3v) is 2.70. The molecule has 3 nitrogen and oxygen atoms in total. The Balaban J connectivity index is 2.03. The maximum absolute atomic E-state index is 9.34. The molecule has 1 aromatic heterocycles. The number of aliphatic hydroxyl groups excluding tert-OH is 1. The van der Waals surface area contributed by atoms with Gasteiger partial charge in [-0.3, -0.25) is 9.97 Å². The van der Waals surface area contributed by atoms with Gasteiger partial charge in [0.25, 0.3) is 0 Å². The van der Waals surface area contributed by atoms with Crippen LogP contribution in [0, 0.1) is 0 Å². The zero-order valence-electron chi connectivity index (χ0n) is 7.56. The summed E-state index contributed by atoms with van der Waals surface area (Å²) in [4.78, 5) is 8.34. The molecular formula is C10H14N2O. The molecule has 1 saturated carbocycles. The Labute approximate surface area is 77.8 Å². The molecule has 0 saturated heterocycles. The average Bonchev–Trinajstić information content (AvgIpc) is 2.20. The van der Waals surface area contributed by atoms with Gasteiger partial charge in [0.15, 0.2) is 0 Å². The quantitative estimate of drug-likeness (QED) is 0.708. The molecule has 0 amide bonds. The molecule has 13 heavy (non-hydrogen) atoms. The Hall–Kier alpha value is -0.960. The predicted molar refractivity (Wildman–Crippen MR) is 49.2 cm³/mol. The molecule has 70 valence electrons. The highest BCUT2D eigenvalue weighted by Crippen LogP contribution is 2.30. The largest absolute Gasteiger partial charge is 0.393 e. The second-order valence-corrected chi connectivity index (χ2v) is 3.64. The molecule has 0 atom stereocenters. The summed E-state index contributed by atoms with van der Waals surface area (Å²) >= 11 is 0. The predicted octanol–water partition coefficient (Wildman–Crippen LogP) is 1.50. The molecule has 1 aliphatic rings. The van der Waals surface area contributed by atoms with Crippen molar-refractivity contribution in [2.75, 3.05) is 0 Å². The molecular weight excluding hydrogens is 164 g/mol. The minimum absolute atomic E-state index is 0.0899. The highest BCUT2D eigenvalue weighted by atomic mass is 16.3. The van der Waals surface area contributed by atoms with E-state index >= 15 is 0 Å². The first-order valence-electron chi connectivity index (χ1n) is 4.80. The second kappa shape index (κ2) is 3.83. The van der Waals surface area contributed by atoms with Gasteiger partial charge in [0.05, 0.1) is 11.8 Å². The van der Waals surface area contributed by atoms with Crippen LogP contribution in [0.5, 0.6) is 0 Å². The van der Waals surface area contributed by atoms with Crippen LogP contribution in [0.15, 0.2) is 18.6 Å².